The van der Waals surface area contributed by atoms with E-state index in [1.54, 1.807) is 0 Å². The van der Waals surface area contributed by atoms with Gasteiger partial charge in [-0.05, 0) is 38.5 Å². The number of hydrogen-bond donors (Lipinski definition) is 1. The summed E-state index contributed by atoms with van der Waals surface area (Å²) in [6.07, 6.45) is 26.3. The number of allylic oxidation sites excluding steroid dienone is 2. The molecule has 31 heavy (non-hydrogen) atoms. The van der Waals surface area contributed by atoms with E-state index >= 15 is 0 Å². The molecule has 0 spiro atoms. The van der Waals surface area contributed by atoms with Gasteiger partial charge in [0, 0.05) is 0 Å². The molecule has 0 saturated heterocycles. The lowest BCUT2D eigenvalue weighted by molar-refractivity contribution is -0.153. The van der Waals surface area contributed by atoms with E-state index in [1.165, 1.54) is 83.5 Å². The predicted molar refractivity (Wildman–Crippen MR) is 130 cm³/mol. The Morgan fingerprint density at radius 2 is 1.19 bits per heavy atom. The van der Waals surface area contributed by atoms with Gasteiger partial charge in [-0.3, -0.25) is 9.59 Å². The van der Waals surface area contributed by atoms with Gasteiger partial charge in [-0.25, -0.2) is 0 Å². The third kappa shape index (κ3) is 21.7. The molecule has 0 aromatic carbocycles. The highest BCUT2D eigenvalue weighted by Gasteiger charge is 2.22. The van der Waals surface area contributed by atoms with Crippen molar-refractivity contribution in [3.8, 4) is 0 Å². The van der Waals surface area contributed by atoms with E-state index in [1.807, 2.05) is 6.92 Å². The quantitative estimate of drug-likeness (QED) is 0.0991. The number of carbonyl (C=O) groups is 2. The zero-order chi connectivity index (χ0) is 23.0. The molecule has 182 valence electrons. The number of ether oxygens (including phenoxy) is 1. The monoisotopic (exact) mass is 438 g/mol. The van der Waals surface area contributed by atoms with Gasteiger partial charge in [0.1, 0.15) is 0 Å². The average Bonchev–Trinajstić information content (AvgIpc) is 2.75. The van der Waals surface area contributed by atoms with Crippen molar-refractivity contribution in [2.24, 2.45) is 5.92 Å². The number of carbonyl (C=O) groups excluding carboxylic acids is 1. The first kappa shape index (κ1) is 29.7. The van der Waals surface area contributed by atoms with Gasteiger partial charge in [-0.2, -0.15) is 0 Å². The topological polar surface area (TPSA) is 63.6 Å². The summed E-state index contributed by atoms with van der Waals surface area (Å²) in [6.45, 7) is 4.58. The first-order chi connectivity index (χ1) is 15.1. The fraction of sp³-hybridized carbons (Fsp3) is 0.852. The van der Waals surface area contributed by atoms with Crippen molar-refractivity contribution >= 4 is 11.9 Å². The number of esters is 1. The van der Waals surface area contributed by atoms with E-state index in [0.717, 1.165) is 25.7 Å². The van der Waals surface area contributed by atoms with Crippen LogP contribution >= 0.6 is 0 Å². The Morgan fingerprint density at radius 3 is 1.68 bits per heavy atom. The highest BCUT2D eigenvalue weighted by molar-refractivity contribution is 5.79. The van der Waals surface area contributed by atoms with Crippen LogP contribution in [0.25, 0.3) is 0 Å². The molecule has 0 rings (SSSR count). The lowest BCUT2D eigenvalue weighted by atomic mass is 9.97. The Balaban J connectivity index is 3.51. The second kappa shape index (κ2) is 23.3. The van der Waals surface area contributed by atoms with Crippen LogP contribution in [0.5, 0.6) is 0 Å². The van der Waals surface area contributed by atoms with Crippen molar-refractivity contribution in [2.45, 2.75) is 136 Å². The number of aliphatic carboxylic acids is 1. The van der Waals surface area contributed by atoms with E-state index in [-0.39, 0.29) is 12.4 Å². The maximum absolute atomic E-state index is 12.0. The Labute approximate surface area is 192 Å². The van der Waals surface area contributed by atoms with Crippen LogP contribution in [0.3, 0.4) is 0 Å². The lowest BCUT2D eigenvalue weighted by Gasteiger charge is -2.13. The van der Waals surface area contributed by atoms with Crippen LogP contribution in [-0.4, -0.2) is 23.7 Å². The molecule has 0 saturated carbocycles. The standard InChI is InChI=1S/C27H50O4/c1-3-5-6-7-8-9-10-11-12-13-14-15-16-17-18-19-20-21-22-25(24-26(28)29)27(30)31-23-4-2/h13-14,25H,3-12,15-24H2,1-2H3,(H,28,29)/b14-13+. The van der Waals surface area contributed by atoms with Crippen LogP contribution in [0.1, 0.15) is 136 Å². The van der Waals surface area contributed by atoms with Gasteiger partial charge in [-0.15, -0.1) is 0 Å². The molecule has 4 heteroatoms. The first-order valence-electron chi connectivity index (χ1n) is 13.1. The van der Waals surface area contributed by atoms with E-state index < -0.39 is 11.9 Å². The summed E-state index contributed by atoms with van der Waals surface area (Å²) >= 11 is 0. The Hall–Kier alpha value is -1.32. The molecule has 0 aliphatic carbocycles. The molecule has 0 radical (unpaired) electrons. The summed E-state index contributed by atoms with van der Waals surface area (Å²) in [5.74, 6) is -1.76. The molecule has 0 fully saturated rings. The van der Waals surface area contributed by atoms with Crippen molar-refractivity contribution in [3.63, 3.8) is 0 Å². The SMILES string of the molecule is CCCCCCCCCC/C=C/CCCCCCCCC(CC(=O)O)C(=O)OCCC. The predicted octanol–water partition coefficient (Wildman–Crippen LogP) is 8.24. The molecule has 0 aromatic heterocycles. The van der Waals surface area contributed by atoms with E-state index in [2.05, 4.69) is 19.1 Å². The van der Waals surface area contributed by atoms with Gasteiger partial charge in [0.15, 0.2) is 0 Å². The van der Waals surface area contributed by atoms with E-state index in [9.17, 15) is 9.59 Å². The van der Waals surface area contributed by atoms with Crippen LogP contribution < -0.4 is 0 Å². The summed E-state index contributed by atoms with van der Waals surface area (Å²) in [6, 6.07) is 0. The molecule has 1 N–H and O–H groups in total. The van der Waals surface area contributed by atoms with Crippen LogP contribution in [0, 0.1) is 5.92 Å². The zero-order valence-electron chi connectivity index (χ0n) is 20.5. The smallest absolute Gasteiger partial charge is 0.309 e. The molecule has 4 nitrogen and oxygen atoms in total. The molecular weight excluding hydrogens is 388 g/mol. The summed E-state index contributed by atoms with van der Waals surface area (Å²) in [5, 5.41) is 9.00. The molecule has 0 aliphatic rings. The van der Waals surface area contributed by atoms with Gasteiger partial charge in [-0.1, -0.05) is 103 Å². The minimum Gasteiger partial charge on any atom is -0.481 e. The van der Waals surface area contributed by atoms with Crippen molar-refractivity contribution < 1.29 is 19.4 Å². The minimum absolute atomic E-state index is 0.117. The van der Waals surface area contributed by atoms with Gasteiger partial charge in [0.25, 0.3) is 0 Å². The molecule has 0 amide bonds. The maximum Gasteiger partial charge on any atom is 0.309 e. The molecule has 1 atom stereocenters. The fourth-order valence-corrected chi connectivity index (χ4v) is 3.83. The Bertz CT molecular complexity index is 445. The second-order valence-electron chi connectivity index (χ2n) is 8.90. The van der Waals surface area contributed by atoms with Crippen LogP contribution in [0.2, 0.25) is 0 Å². The Kier molecular flexibility index (Phi) is 22.4. The van der Waals surface area contributed by atoms with E-state index in [4.69, 9.17) is 9.84 Å². The van der Waals surface area contributed by atoms with Crippen LogP contribution in [-0.2, 0) is 14.3 Å². The average molecular weight is 439 g/mol. The number of carboxylic acid groups (broad SMARTS) is 1. The summed E-state index contributed by atoms with van der Waals surface area (Å²) in [5.41, 5.74) is 0. The number of rotatable bonds is 23. The molecule has 1 unspecified atom stereocenters. The molecule has 0 aromatic rings. The third-order valence-electron chi connectivity index (χ3n) is 5.77. The fourth-order valence-electron chi connectivity index (χ4n) is 3.83. The van der Waals surface area contributed by atoms with Gasteiger partial charge in [0.2, 0.25) is 0 Å². The van der Waals surface area contributed by atoms with Crippen LogP contribution in [0.15, 0.2) is 12.2 Å². The Morgan fingerprint density at radius 1 is 0.710 bits per heavy atom. The summed E-state index contributed by atoms with van der Waals surface area (Å²) in [4.78, 5) is 22.9. The minimum atomic E-state index is -0.922. The summed E-state index contributed by atoms with van der Waals surface area (Å²) < 4.78 is 5.13. The number of hydrogen-bond acceptors (Lipinski definition) is 3. The van der Waals surface area contributed by atoms with Crippen LogP contribution in [0.4, 0.5) is 0 Å². The molecule has 0 heterocycles. The number of carboxylic acids is 1. The van der Waals surface area contributed by atoms with Crippen molar-refractivity contribution in [2.75, 3.05) is 6.61 Å². The van der Waals surface area contributed by atoms with E-state index in [0.29, 0.717) is 13.0 Å². The third-order valence-corrected chi connectivity index (χ3v) is 5.77. The second-order valence-corrected chi connectivity index (χ2v) is 8.90. The number of unbranched alkanes of at least 4 members (excludes halogenated alkanes) is 14. The van der Waals surface area contributed by atoms with Gasteiger partial charge in [0.05, 0.1) is 18.9 Å². The lowest BCUT2D eigenvalue weighted by Crippen LogP contribution is -2.21. The van der Waals surface area contributed by atoms with Crippen molar-refractivity contribution in [1.29, 1.82) is 0 Å². The zero-order valence-corrected chi connectivity index (χ0v) is 20.5. The molecule has 0 bridgehead atoms. The molecular formula is C27H50O4. The van der Waals surface area contributed by atoms with Crippen molar-refractivity contribution in [3.05, 3.63) is 12.2 Å². The highest BCUT2D eigenvalue weighted by atomic mass is 16.5. The first-order valence-corrected chi connectivity index (χ1v) is 13.1. The van der Waals surface area contributed by atoms with Gasteiger partial charge < -0.3 is 9.84 Å². The normalized spacial score (nSPS) is 12.3. The largest absolute Gasteiger partial charge is 0.481 e. The highest BCUT2D eigenvalue weighted by Crippen LogP contribution is 2.18. The maximum atomic E-state index is 12.0. The molecule has 0 aliphatic heterocycles. The van der Waals surface area contributed by atoms with Crippen molar-refractivity contribution in [1.82, 2.24) is 0 Å². The van der Waals surface area contributed by atoms with Gasteiger partial charge >= 0.3 is 11.9 Å². The summed E-state index contributed by atoms with van der Waals surface area (Å²) in [7, 11) is 0.